The van der Waals surface area contributed by atoms with Gasteiger partial charge in [-0.25, -0.2) is 0 Å². The lowest BCUT2D eigenvalue weighted by atomic mass is 9.59. The average Bonchev–Trinajstić information content (AvgIpc) is 3.52. The van der Waals surface area contributed by atoms with Gasteiger partial charge < -0.3 is 0 Å². The third-order valence-electron chi connectivity index (χ3n) is 8.68. The van der Waals surface area contributed by atoms with E-state index in [0.29, 0.717) is 35.5 Å². The Bertz CT molecular complexity index is 1280. The number of halogens is 6. The molecule has 8 heteroatoms. The molecule has 4 aliphatic rings. The third kappa shape index (κ3) is 3.36. The Kier molecular flexibility index (Phi) is 6.24. The molecule has 39 heavy (non-hydrogen) atoms. The summed E-state index contributed by atoms with van der Waals surface area (Å²) in [5, 5.41) is 0. The second kappa shape index (κ2) is 8.97. The van der Waals surface area contributed by atoms with Crippen LogP contribution in [0.3, 0.4) is 0 Å². The minimum Gasteiger partial charge on any atom is -0.194 e. The van der Waals surface area contributed by atoms with Crippen LogP contribution >= 0.6 is 23.5 Å². The van der Waals surface area contributed by atoms with Crippen LogP contribution in [0.25, 0.3) is 9.81 Å². The molecule has 0 radical (unpaired) electrons. The van der Waals surface area contributed by atoms with E-state index in [4.69, 9.17) is 0 Å². The summed E-state index contributed by atoms with van der Waals surface area (Å²) in [6.45, 7) is 3.87. The van der Waals surface area contributed by atoms with E-state index < -0.39 is 50.2 Å². The molecule has 2 aliphatic carbocycles. The molecule has 0 nitrogen and oxygen atoms in total. The first-order valence-corrected chi connectivity index (χ1v) is 14.9. The van der Waals surface area contributed by atoms with Crippen molar-refractivity contribution in [2.45, 2.75) is 66.8 Å². The number of hydrogen-bond donors (Lipinski definition) is 0. The van der Waals surface area contributed by atoms with E-state index in [1.54, 1.807) is 12.2 Å². The van der Waals surface area contributed by atoms with Gasteiger partial charge in [-0.3, -0.25) is 0 Å². The largest absolute Gasteiger partial charge is 0.380 e. The highest BCUT2D eigenvalue weighted by molar-refractivity contribution is 8.13. The third-order valence-corrected chi connectivity index (χ3v) is 12.4. The predicted octanol–water partition coefficient (Wildman–Crippen LogP) is 10.1. The molecule has 0 N–H and O–H groups in total. The van der Waals surface area contributed by atoms with Crippen molar-refractivity contribution >= 4 is 33.3 Å². The molecule has 0 aromatic heterocycles. The molecule has 0 bridgehead atoms. The number of rotatable bonds is 6. The smallest absolute Gasteiger partial charge is 0.194 e. The fourth-order valence-corrected chi connectivity index (χ4v) is 11.2. The lowest BCUT2D eigenvalue weighted by Crippen LogP contribution is -2.60. The van der Waals surface area contributed by atoms with Gasteiger partial charge in [0.25, 0.3) is 0 Å². The van der Waals surface area contributed by atoms with Crippen molar-refractivity contribution in [1.82, 2.24) is 0 Å². The highest BCUT2D eigenvalue weighted by Crippen LogP contribution is 2.79. The van der Waals surface area contributed by atoms with Crippen LogP contribution in [0.2, 0.25) is 0 Å². The van der Waals surface area contributed by atoms with Crippen molar-refractivity contribution in [1.29, 1.82) is 0 Å². The van der Waals surface area contributed by atoms with Crippen LogP contribution in [-0.2, 0) is 0 Å². The van der Waals surface area contributed by atoms with Crippen molar-refractivity contribution in [3.05, 3.63) is 95.1 Å². The highest BCUT2D eigenvalue weighted by atomic mass is 32.2. The first-order chi connectivity index (χ1) is 18.5. The van der Waals surface area contributed by atoms with Gasteiger partial charge in [-0.15, -0.1) is 23.5 Å². The van der Waals surface area contributed by atoms with Gasteiger partial charge in [0.2, 0.25) is 0 Å². The summed E-state index contributed by atoms with van der Waals surface area (Å²) in [7, 11) is 0. The van der Waals surface area contributed by atoms with E-state index in [0.717, 1.165) is 11.1 Å². The number of alkyl halides is 6. The van der Waals surface area contributed by atoms with Crippen molar-refractivity contribution in [3.63, 3.8) is 0 Å². The molecule has 4 unspecified atom stereocenters. The Labute approximate surface area is 233 Å². The molecular weight excluding hydrogens is 550 g/mol. The molecule has 206 valence electrons. The van der Waals surface area contributed by atoms with Crippen LogP contribution < -0.4 is 0 Å². The quantitative estimate of drug-likeness (QED) is 0.247. The Morgan fingerprint density at radius 3 is 1.28 bits per heavy atom. The van der Waals surface area contributed by atoms with Crippen molar-refractivity contribution in [3.8, 4) is 0 Å². The van der Waals surface area contributed by atoms with Crippen molar-refractivity contribution in [2.24, 2.45) is 11.8 Å². The van der Waals surface area contributed by atoms with Gasteiger partial charge in [-0.2, -0.15) is 26.3 Å². The standard InChI is InChI=1S/C31H28F6S2/c1-3-15-27-21(17-23(38-27)19-11-7-5-8-12-19)25-26(30(34,35)31(36,37)29(25,32)33)22-18-24(20-13-9-6-10-14-20)39-28(22,27)16-4-2/h5-14,17-18,21-22H,3-4,15-16H2,1-2H3. The van der Waals surface area contributed by atoms with Crippen LogP contribution in [0.5, 0.6) is 0 Å². The number of thioether (sulfide) groups is 2. The fourth-order valence-electron chi connectivity index (χ4n) is 7.19. The van der Waals surface area contributed by atoms with Gasteiger partial charge in [0.05, 0.1) is 0 Å². The number of fused-ring (bicyclic) bond motifs is 5. The summed E-state index contributed by atoms with van der Waals surface area (Å²) >= 11 is 2.86. The van der Waals surface area contributed by atoms with Crippen molar-refractivity contribution in [2.75, 3.05) is 0 Å². The summed E-state index contributed by atoms with van der Waals surface area (Å²) in [6, 6.07) is 18.4. The van der Waals surface area contributed by atoms with Gasteiger partial charge >= 0.3 is 17.8 Å². The monoisotopic (exact) mass is 578 g/mol. The maximum absolute atomic E-state index is 15.8. The van der Waals surface area contributed by atoms with E-state index in [-0.39, 0.29) is 0 Å². The minimum atomic E-state index is -5.51. The Morgan fingerprint density at radius 1 is 0.590 bits per heavy atom. The van der Waals surface area contributed by atoms with Crippen LogP contribution in [0, 0.1) is 11.8 Å². The second-order valence-electron chi connectivity index (χ2n) is 10.8. The maximum atomic E-state index is 15.8. The molecule has 0 fully saturated rings. The van der Waals surface area contributed by atoms with Gasteiger partial charge in [0, 0.05) is 42.3 Å². The predicted molar refractivity (Wildman–Crippen MR) is 148 cm³/mol. The maximum Gasteiger partial charge on any atom is 0.380 e. The molecule has 2 heterocycles. The van der Waals surface area contributed by atoms with Crippen LogP contribution in [0.4, 0.5) is 26.3 Å². The molecule has 0 spiro atoms. The molecule has 4 atom stereocenters. The van der Waals surface area contributed by atoms with Crippen LogP contribution in [-0.4, -0.2) is 27.3 Å². The molecular formula is C31H28F6S2. The highest BCUT2D eigenvalue weighted by Gasteiger charge is 2.85. The van der Waals surface area contributed by atoms with Crippen LogP contribution in [0.15, 0.2) is 84.0 Å². The second-order valence-corrected chi connectivity index (χ2v) is 13.5. The van der Waals surface area contributed by atoms with E-state index in [1.165, 1.54) is 23.5 Å². The zero-order valence-electron chi connectivity index (χ0n) is 21.5. The van der Waals surface area contributed by atoms with Gasteiger partial charge in [-0.05, 0) is 24.0 Å². The molecule has 0 amide bonds. The molecule has 0 saturated heterocycles. The van der Waals surface area contributed by atoms with Crippen LogP contribution in [0.1, 0.15) is 50.7 Å². The molecule has 2 aromatic carbocycles. The molecule has 2 aromatic rings. The number of benzene rings is 2. The zero-order chi connectivity index (χ0) is 27.8. The SMILES string of the molecule is CCCC12SC(c3ccccc3)=CC1C1=C(C3C=C(c4ccccc4)SC32CCC)C(F)(F)C(F)(F)C1(F)F. The Morgan fingerprint density at radius 2 is 0.949 bits per heavy atom. The number of allylic oxidation sites excluding steroid dienone is 4. The van der Waals surface area contributed by atoms with E-state index >= 15 is 26.3 Å². The summed E-state index contributed by atoms with van der Waals surface area (Å²) in [6.07, 6.45) is 5.23. The normalized spacial score (nSPS) is 33.3. The fraction of sp³-hybridized carbons (Fsp3) is 0.419. The summed E-state index contributed by atoms with van der Waals surface area (Å²) < 4.78 is 91.4. The zero-order valence-corrected chi connectivity index (χ0v) is 23.1. The first kappa shape index (κ1) is 27.1. The van der Waals surface area contributed by atoms with Gasteiger partial charge in [0.1, 0.15) is 0 Å². The molecule has 0 saturated carbocycles. The van der Waals surface area contributed by atoms with E-state index in [9.17, 15) is 0 Å². The molecule has 2 aliphatic heterocycles. The summed E-state index contributed by atoms with van der Waals surface area (Å²) in [5.41, 5.74) is -0.576. The van der Waals surface area contributed by atoms with Gasteiger partial charge in [-0.1, -0.05) is 99.5 Å². The van der Waals surface area contributed by atoms with E-state index in [2.05, 4.69) is 0 Å². The van der Waals surface area contributed by atoms with E-state index in [1.807, 2.05) is 74.5 Å². The first-order valence-electron chi connectivity index (χ1n) is 13.3. The summed E-state index contributed by atoms with van der Waals surface area (Å²) in [4.78, 5) is 1.36. The Balaban J connectivity index is 1.67. The van der Waals surface area contributed by atoms with Crippen molar-refractivity contribution < 1.29 is 26.3 Å². The van der Waals surface area contributed by atoms with Gasteiger partial charge in [0.15, 0.2) is 0 Å². The summed E-state index contributed by atoms with van der Waals surface area (Å²) in [5.74, 6) is -17.9. The lowest BCUT2D eigenvalue weighted by molar-refractivity contribution is -0.266. The minimum absolute atomic E-state index is 0.429. The topological polar surface area (TPSA) is 0 Å². The average molecular weight is 579 g/mol. The lowest BCUT2D eigenvalue weighted by Gasteiger charge is -2.56. The number of hydrogen-bond acceptors (Lipinski definition) is 2. The Hall–Kier alpha value is -2.06. The molecule has 6 rings (SSSR count).